The van der Waals surface area contributed by atoms with E-state index in [1.54, 1.807) is 12.1 Å². The predicted octanol–water partition coefficient (Wildman–Crippen LogP) is 2.16. The van der Waals surface area contributed by atoms with Gasteiger partial charge in [0.15, 0.2) is 9.84 Å². The molecule has 1 saturated heterocycles. The maximum Gasteiger partial charge on any atom is 0.307 e. The zero-order chi connectivity index (χ0) is 17.3. The van der Waals surface area contributed by atoms with Crippen LogP contribution in [0.4, 0.5) is 0 Å². The zero-order valence-electron chi connectivity index (χ0n) is 13.9. The number of rotatable bonds is 5. The SMILES string of the molecule is CC(C)(C)c1ccc(S(=O)(=O)CCN2CCC(C(=O)O)C2)cc1. The number of hydrogen-bond donors (Lipinski definition) is 1. The Morgan fingerprint density at radius 3 is 2.35 bits per heavy atom. The summed E-state index contributed by atoms with van der Waals surface area (Å²) in [6.07, 6.45) is 0.593. The van der Waals surface area contributed by atoms with Crippen molar-refractivity contribution in [1.82, 2.24) is 4.90 Å². The summed E-state index contributed by atoms with van der Waals surface area (Å²) in [7, 11) is -3.34. The Morgan fingerprint density at radius 1 is 1.26 bits per heavy atom. The lowest BCUT2D eigenvalue weighted by atomic mass is 9.87. The van der Waals surface area contributed by atoms with Crippen molar-refractivity contribution in [3.05, 3.63) is 29.8 Å². The van der Waals surface area contributed by atoms with E-state index in [-0.39, 0.29) is 17.1 Å². The highest BCUT2D eigenvalue weighted by Gasteiger charge is 2.28. The molecule has 5 nitrogen and oxygen atoms in total. The number of aliphatic carboxylic acids is 1. The van der Waals surface area contributed by atoms with Crippen LogP contribution in [0.5, 0.6) is 0 Å². The number of carboxylic acids is 1. The van der Waals surface area contributed by atoms with Crippen molar-refractivity contribution in [1.29, 1.82) is 0 Å². The number of nitrogens with zero attached hydrogens (tertiary/aromatic N) is 1. The smallest absolute Gasteiger partial charge is 0.307 e. The molecule has 1 atom stereocenters. The molecule has 1 aliphatic heterocycles. The van der Waals surface area contributed by atoms with Gasteiger partial charge in [-0.05, 0) is 36.1 Å². The van der Waals surface area contributed by atoms with Crippen molar-refractivity contribution < 1.29 is 18.3 Å². The molecule has 1 aromatic carbocycles. The van der Waals surface area contributed by atoms with E-state index in [1.807, 2.05) is 17.0 Å². The fraction of sp³-hybridized carbons (Fsp3) is 0.588. The Balaban J connectivity index is 1.98. The molecule has 0 radical (unpaired) electrons. The first-order chi connectivity index (χ1) is 10.6. The highest BCUT2D eigenvalue weighted by Crippen LogP contribution is 2.24. The van der Waals surface area contributed by atoms with Crippen LogP contribution < -0.4 is 0 Å². The fourth-order valence-electron chi connectivity index (χ4n) is 2.77. The summed E-state index contributed by atoms with van der Waals surface area (Å²) in [5, 5.41) is 8.98. The molecule has 2 rings (SSSR count). The molecule has 0 saturated carbocycles. The quantitative estimate of drug-likeness (QED) is 0.890. The van der Waals surface area contributed by atoms with Gasteiger partial charge in [-0.1, -0.05) is 32.9 Å². The van der Waals surface area contributed by atoms with Crippen LogP contribution in [0, 0.1) is 5.92 Å². The molecule has 0 spiro atoms. The van der Waals surface area contributed by atoms with Gasteiger partial charge < -0.3 is 10.0 Å². The van der Waals surface area contributed by atoms with Gasteiger partial charge in [0, 0.05) is 13.1 Å². The van der Waals surface area contributed by atoms with Gasteiger partial charge >= 0.3 is 5.97 Å². The van der Waals surface area contributed by atoms with Gasteiger partial charge in [-0.25, -0.2) is 8.42 Å². The van der Waals surface area contributed by atoms with Crippen LogP contribution in [0.25, 0.3) is 0 Å². The first-order valence-electron chi connectivity index (χ1n) is 7.88. The summed E-state index contributed by atoms with van der Waals surface area (Å²) in [4.78, 5) is 13.2. The second-order valence-electron chi connectivity index (χ2n) is 7.22. The van der Waals surface area contributed by atoms with E-state index in [0.717, 1.165) is 5.56 Å². The second-order valence-corrected chi connectivity index (χ2v) is 9.33. The van der Waals surface area contributed by atoms with E-state index >= 15 is 0 Å². The Hall–Kier alpha value is -1.40. The normalized spacial score (nSPS) is 19.9. The van der Waals surface area contributed by atoms with Gasteiger partial charge in [-0.3, -0.25) is 4.79 Å². The third kappa shape index (κ3) is 4.54. The first kappa shape index (κ1) is 17.9. The van der Waals surface area contributed by atoms with Crippen LogP contribution in [0.1, 0.15) is 32.8 Å². The predicted molar refractivity (Wildman–Crippen MR) is 89.4 cm³/mol. The van der Waals surface area contributed by atoms with Crippen molar-refractivity contribution in [2.24, 2.45) is 5.92 Å². The summed E-state index contributed by atoms with van der Waals surface area (Å²) in [5.41, 5.74) is 1.09. The Bertz CT molecular complexity index is 659. The topological polar surface area (TPSA) is 74.7 Å². The summed E-state index contributed by atoms with van der Waals surface area (Å²) in [5.74, 6) is -1.15. The van der Waals surface area contributed by atoms with Crippen molar-refractivity contribution >= 4 is 15.8 Å². The lowest BCUT2D eigenvalue weighted by molar-refractivity contribution is -0.141. The average molecular weight is 339 g/mol. The van der Waals surface area contributed by atoms with Crippen molar-refractivity contribution in [3.63, 3.8) is 0 Å². The van der Waals surface area contributed by atoms with Gasteiger partial charge in [0.25, 0.3) is 0 Å². The summed E-state index contributed by atoms with van der Waals surface area (Å²) < 4.78 is 24.8. The number of sulfone groups is 1. The van der Waals surface area contributed by atoms with E-state index < -0.39 is 15.8 Å². The van der Waals surface area contributed by atoms with Gasteiger partial charge in [-0.15, -0.1) is 0 Å². The van der Waals surface area contributed by atoms with E-state index in [9.17, 15) is 13.2 Å². The fourth-order valence-corrected chi connectivity index (χ4v) is 4.05. The number of likely N-dealkylation sites (tertiary alicyclic amines) is 1. The molecule has 128 valence electrons. The summed E-state index contributed by atoms with van der Waals surface area (Å²) in [6.45, 7) is 7.73. The highest BCUT2D eigenvalue weighted by atomic mass is 32.2. The maximum absolute atomic E-state index is 12.4. The minimum absolute atomic E-state index is 0.0102. The van der Waals surface area contributed by atoms with E-state index in [1.165, 1.54) is 0 Å². The lowest BCUT2D eigenvalue weighted by Gasteiger charge is -2.19. The molecule has 23 heavy (non-hydrogen) atoms. The molecule has 1 aromatic rings. The number of benzene rings is 1. The molecule has 1 N–H and O–H groups in total. The molecule has 0 bridgehead atoms. The number of carboxylic acid groups (broad SMARTS) is 1. The Kier molecular flexibility index (Phi) is 5.16. The van der Waals surface area contributed by atoms with Crippen LogP contribution in [-0.4, -0.2) is 49.8 Å². The lowest BCUT2D eigenvalue weighted by Crippen LogP contribution is -2.28. The van der Waals surface area contributed by atoms with Crippen LogP contribution >= 0.6 is 0 Å². The second kappa shape index (κ2) is 6.61. The summed E-state index contributed by atoms with van der Waals surface area (Å²) in [6, 6.07) is 7.06. The van der Waals surface area contributed by atoms with Crippen LogP contribution in [-0.2, 0) is 20.0 Å². The standard InChI is InChI=1S/C17H25NO4S/c1-17(2,3)14-4-6-15(7-5-14)23(21,22)11-10-18-9-8-13(12-18)16(19)20/h4-7,13H,8-12H2,1-3H3,(H,19,20). The average Bonchev–Trinajstić information content (AvgIpc) is 2.94. The molecule has 0 aliphatic carbocycles. The third-order valence-electron chi connectivity index (χ3n) is 4.38. The first-order valence-corrected chi connectivity index (χ1v) is 9.53. The Morgan fingerprint density at radius 2 is 1.87 bits per heavy atom. The zero-order valence-corrected chi connectivity index (χ0v) is 14.8. The van der Waals surface area contributed by atoms with E-state index in [2.05, 4.69) is 20.8 Å². The minimum atomic E-state index is -3.34. The molecule has 0 aromatic heterocycles. The highest BCUT2D eigenvalue weighted by molar-refractivity contribution is 7.91. The van der Waals surface area contributed by atoms with Crippen LogP contribution in [0.3, 0.4) is 0 Å². The molecule has 1 unspecified atom stereocenters. The maximum atomic E-state index is 12.4. The molecule has 1 fully saturated rings. The van der Waals surface area contributed by atoms with E-state index in [0.29, 0.717) is 31.0 Å². The molecule has 1 heterocycles. The van der Waals surface area contributed by atoms with Crippen molar-refractivity contribution in [3.8, 4) is 0 Å². The third-order valence-corrected chi connectivity index (χ3v) is 6.09. The van der Waals surface area contributed by atoms with Gasteiger partial charge in [0.05, 0.1) is 16.6 Å². The largest absolute Gasteiger partial charge is 0.481 e. The minimum Gasteiger partial charge on any atom is -0.481 e. The molecular weight excluding hydrogens is 314 g/mol. The van der Waals surface area contributed by atoms with Crippen LogP contribution in [0.15, 0.2) is 29.2 Å². The number of carbonyl (C=O) groups is 1. The Labute approximate surface area is 138 Å². The monoisotopic (exact) mass is 339 g/mol. The molecule has 6 heteroatoms. The summed E-state index contributed by atoms with van der Waals surface area (Å²) >= 11 is 0. The van der Waals surface area contributed by atoms with Gasteiger partial charge in [0.2, 0.25) is 0 Å². The van der Waals surface area contributed by atoms with Crippen LogP contribution in [0.2, 0.25) is 0 Å². The number of hydrogen-bond acceptors (Lipinski definition) is 4. The molecular formula is C17H25NO4S. The molecule has 1 aliphatic rings. The molecule has 0 amide bonds. The van der Waals surface area contributed by atoms with Crippen molar-refractivity contribution in [2.75, 3.05) is 25.4 Å². The van der Waals surface area contributed by atoms with Crippen molar-refractivity contribution in [2.45, 2.75) is 37.5 Å². The van der Waals surface area contributed by atoms with E-state index in [4.69, 9.17) is 5.11 Å². The van der Waals surface area contributed by atoms with Gasteiger partial charge in [-0.2, -0.15) is 0 Å². The van der Waals surface area contributed by atoms with Gasteiger partial charge in [0.1, 0.15) is 0 Å².